The highest BCUT2D eigenvalue weighted by atomic mass is 15.1. The van der Waals surface area contributed by atoms with Gasteiger partial charge < -0.3 is 0 Å². The molecule has 6 heteroatoms. The first-order valence-corrected chi connectivity index (χ1v) is 34.7. The maximum atomic E-state index is 5.45. The molecular weight excluding hydrogens is 1240 g/mol. The lowest BCUT2D eigenvalue weighted by atomic mass is 9.88. The van der Waals surface area contributed by atoms with E-state index in [1.165, 1.54) is 70.4 Å². The van der Waals surface area contributed by atoms with Crippen LogP contribution < -0.4 is 0 Å². The van der Waals surface area contributed by atoms with Gasteiger partial charge in [0.15, 0.2) is 0 Å². The molecule has 0 aliphatic heterocycles. The van der Waals surface area contributed by atoms with Crippen LogP contribution in [0.1, 0.15) is 0 Å². The molecule has 20 aromatic rings. The number of nitrogens with zero attached hydrogens (tertiary/aromatic N) is 6. The van der Waals surface area contributed by atoms with E-state index < -0.39 is 0 Å². The molecule has 16 aromatic carbocycles. The number of pyridine rings is 2. The van der Waals surface area contributed by atoms with Crippen molar-refractivity contribution in [3.63, 3.8) is 0 Å². The molecule has 0 amide bonds. The van der Waals surface area contributed by atoms with Gasteiger partial charge in [-0.2, -0.15) is 0 Å². The van der Waals surface area contributed by atoms with Crippen molar-refractivity contribution in [2.45, 2.75) is 0 Å². The predicted molar refractivity (Wildman–Crippen MR) is 425 cm³/mol. The van der Waals surface area contributed by atoms with Crippen LogP contribution in [0.25, 0.3) is 199 Å². The number of hydrogen-bond acceptors (Lipinski definition) is 4. The molecule has 0 atom stereocenters. The van der Waals surface area contributed by atoms with Gasteiger partial charge in [0, 0.05) is 57.1 Å². The van der Waals surface area contributed by atoms with E-state index in [0.29, 0.717) is 0 Å². The zero-order valence-electron chi connectivity index (χ0n) is 55.3. The van der Waals surface area contributed by atoms with Crippen LogP contribution in [0.3, 0.4) is 0 Å². The highest BCUT2D eigenvalue weighted by molar-refractivity contribution is 6.27. The Morgan fingerprint density at radius 1 is 0.206 bits per heavy atom. The summed E-state index contributed by atoms with van der Waals surface area (Å²) in [5.41, 5.74) is 23.5. The number of aromatic nitrogens is 6. The monoisotopic (exact) mass is 1300 g/mol. The zero-order chi connectivity index (χ0) is 67.2. The zero-order valence-corrected chi connectivity index (χ0v) is 55.3. The summed E-state index contributed by atoms with van der Waals surface area (Å²) in [6.45, 7) is 0. The van der Waals surface area contributed by atoms with E-state index in [9.17, 15) is 0 Å². The normalized spacial score (nSPS) is 11.7. The van der Waals surface area contributed by atoms with Crippen LogP contribution in [0.5, 0.6) is 0 Å². The topological polar surface area (TPSA) is 61.4 Å². The maximum Gasteiger partial charge on any atom is 0.145 e. The minimum atomic E-state index is 0.883. The molecule has 0 spiro atoms. The van der Waals surface area contributed by atoms with Crippen molar-refractivity contribution in [3.8, 4) is 112 Å². The Morgan fingerprint density at radius 3 is 1.08 bits per heavy atom. The Balaban J connectivity index is 0.623. The number of benzene rings is 16. The fourth-order valence-corrected chi connectivity index (χ4v) is 15.8. The second kappa shape index (κ2) is 24.1. The van der Waals surface area contributed by atoms with Gasteiger partial charge in [0.05, 0.1) is 33.5 Å². The molecule has 0 N–H and O–H groups in total. The minimum absolute atomic E-state index is 0.883. The van der Waals surface area contributed by atoms with E-state index in [1.807, 2.05) is 24.5 Å². The summed E-state index contributed by atoms with van der Waals surface area (Å²) >= 11 is 0. The molecule has 6 nitrogen and oxygen atoms in total. The standard InChI is InChI=1S/C96H60N6/c1-4-21-63(22-5-1)87-50-44-70(60-97-87)85-56-71-54-83(75-29-10-14-33-79(75)93(71)81-35-16-12-31-77(81)85)61-41-48-74(49-42-61)102-92-52-45-68(58-90(92)100-96(102)65-25-8-3-9-26-65)66-27-20-28-67(53-66)69-43-51-88(98-59-69)86-57-72-55-84(76-30-11-15-34-80(76)94(72)82-36-17-13-32-78(82)86)62-39-46-73(47-40-62)101-91-38-19-18-37-89(91)99-95(101)64-23-6-2-7-24-64/h1-60H. The van der Waals surface area contributed by atoms with Gasteiger partial charge in [-0.15, -0.1) is 0 Å². The summed E-state index contributed by atoms with van der Waals surface area (Å²) in [4.78, 5) is 20.8. The molecule has 0 fully saturated rings. The number of hydrogen-bond donors (Lipinski definition) is 0. The summed E-state index contributed by atoms with van der Waals surface area (Å²) in [6, 6.07) is 127. The van der Waals surface area contributed by atoms with Crippen molar-refractivity contribution in [2.75, 3.05) is 0 Å². The Bertz CT molecular complexity index is 6680. The maximum absolute atomic E-state index is 5.45. The molecule has 0 saturated carbocycles. The predicted octanol–water partition coefficient (Wildman–Crippen LogP) is 25.1. The molecule has 0 bridgehead atoms. The van der Waals surface area contributed by atoms with E-state index in [4.69, 9.17) is 19.9 Å². The fraction of sp³-hybridized carbons (Fsp3) is 0. The molecule has 0 unspecified atom stereocenters. The quantitative estimate of drug-likeness (QED) is 0.121. The number of para-hydroxylation sites is 2. The van der Waals surface area contributed by atoms with Gasteiger partial charge in [-0.1, -0.05) is 261 Å². The number of rotatable bonds is 11. The lowest BCUT2D eigenvalue weighted by molar-refractivity contribution is 1.10. The fourth-order valence-electron chi connectivity index (χ4n) is 15.8. The Hall–Kier alpha value is -13.7. The molecule has 0 aliphatic carbocycles. The second-order valence-corrected chi connectivity index (χ2v) is 26.4. The van der Waals surface area contributed by atoms with Gasteiger partial charge in [0.2, 0.25) is 0 Å². The Labute approximate surface area is 588 Å². The van der Waals surface area contributed by atoms with E-state index in [2.05, 4.69) is 349 Å². The van der Waals surface area contributed by atoms with Gasteiger partial charge in [-0.25, -0.2) is 9.97 Å². The van der Waals surface area contributed by atoms with Crippen LogP contribution in [0.2, 0.25) is 0 Å². The Kier molecular flexibility index (Phi) is 13.8. The third-order valence-electron chi connectivity index (χ3n) is 20.6. The van der Waals surface area contributed by atoms with E-state index in [1.54, 1.807) is 0 Å². The first-order chi connectivity index (χ1) is 50.6. The molecule has 0 radical (unpaired) electrons. The SMILES string of the molecule is c1ccc(-c2ccc(-c3cc4cc(-c5ccc(-n6c(-c7ccccc7)nc7cc(-c8cccc(-c9ccc(-c%10cc%11cc(-c%12ccc(-n%13c(-c%14ccccc%14)nc%14ccccc%14%13)cc%12)c%12ccccc%12c%11c%11ccccc%10%11)nc9)c8)ccc76)cc5)c5ccccc5c4c4ccccc34)cn2)cc1. The van der Waals surface area contributed by atoms with Crippen LogP contribution in [0.4, 0.5) is 0 Å². The highest BCUT2D eigenvalue weighted by Gasteiger charge is 2.22. The summed E-state index contributed by atoms with van der Waals surface area (Å²) in [5, 5.41) is 14.5. The van der Waals surface area contributed by atoms with Crippen LogP contribution in [0, 0.1) is 0 Å². The van der Waals surface area contributed by atoms with Crippen LogP contribution in [0.15, 0.2) is 364 Å². The first-order valence-electron chi connectivity index (χ1n) is 34.7. The van der Waals surface area contributed by atoms with Crippen LogP contribution >= 0.6 is 0 Å². The van der Waals surface area contributed by atoms with Crippen molar-refractivity contribution in [1.82, 2.24) is 29.1 Å². The summed E-state index contributed by atoms with van der Waals surface area (Å²) < 4.78 is 4.58. The van der Waals surface area contributed by atoms with Gasteiger partial charge in [-0.3, -0.25) is 19.1 Å². The third-order valence-corrected chi connectivity index (χ3v) is 20.6. The van der Waals surface area contributed by atoms with Crippen molar-refractivity contribution in [3.05, 3.63) is 364 Å². The van der Waals surface area contributed by atoms with Gasteiger partial charge in [0.1, 0.15) is 11.6 Å². The van der Waals surface area contributed by atoms with E-state index in [-0.39, 0.29) is 0 Å². The molecule has 0 saturated heterocycles. The molecule has 4 heterocycles. The minimum Gasteiger partial charge on any atom is -0.292 e. The van der Waals surface area contributed by atoms with Crippen LogP contribution in [-0.4, -0.2) is 29.1 Å². The molecule has 0 aliphatic rings. The molecule has 474 valence electrons. The molecule has 20 rings (SSSR count). The lowest BCUT2D eigenvalue weighted by Crippen LogP contribution is -1.97. The van der Waals surface area contributed by atoms with Gasteiger partial charge >= 0.3 is 0 Å². The Morgan fingerprint density at radius 2 is 0.569 bits per heavy atom. The van der Waals surface area contributed by atoms with Gasteiger partial charge in [-0.05, 0) is 200 Å². The smallest absolute Gasteiger partial charge is 0.145 e. The second-order valence-electron chi connectivity index (χ2n) is 26.4. The summed E-state index contributed by atoms with van der Waals surface area (Å²) in [5.74, 6) is 1.80. The average molecular weight is 1300 g/mol. The third kappa shape index (κ3) is 9.87. The number of imidazole rings is 2. The average Bonchev–Trinajstić information content (AvgIpc) is 1.06. The van der Waals surface area contributed by atoms with Crippen molar-refractivity contribution < 1.29 is 0 Å². The van der Waals surface area contributed by atoms with Crippen LogP contribution in [-0.2, 0) is 0 Å². The molecule has 4 aromatic heterocycles. The molecular formula is C96H60N6. The summed E-state index contributed by atoms with van der Waals surface area (Å²) in [6.07, 6.45) is 4.05. The lowest BCUT2D eigenvalue weighted by Gasteiger charge is -2.17. The summed E-state index contributed by atoms with van der Waals surface area (Å²) in [7, 11) is 0. The molecule has 102 heavy (non-hydrogen) atoms. The van der Waals surface area contributed by atoms with Gasteiger partial charge in [0.25, 0.3) is 0 Å². The first kappa shape index (κ1) is 58.5. The van der Waals surface area contributed by atoms with Crippen molar-refractivity contribution in [1.29, 1.82) is 0 Å². The van der Waals surface area contributed by atoms with Crippen molar-refractivity contribution >= 4 is 86.7 Å². The number of fused-ring (bicyclic) bond motifs is 12. The van der Waals surface area contributed by atoms with E-state index in [0.717, 1.165) is 129 Å². The largest absolute Gasteiger partial charge is 0.292 e. The van der Waals surface area contributed by atoms with E-state index >= 15 is 0 Å². The van der Waals surface area contributed by atoms with Crippen molar-refractivity contribution in [2.24, 2.45) is 0 Å². The highest BCUT2D eigenvalue weighted by Crippen LogP contribution is 2.46.